The summed E-state index contributed by atoms with van der Waals surface area (Å²) in [6, 6.07) is 3.36. The molecule has 0 saturated carbocycles. The van der Waals surface area contributed by atoms with Crippen LogP contribution in [0, 0.1) is 18.6 Å². The van der Waals surface area contributed by atoms with Gasteiger partial charge >= 0.3 is 0 Å². The molecule has 0 fully saturated rings. The molecule has 19 heavy (non-hydrogen) atoms. The molecule has 1 N–H and O–H groups in total. The van der Waals surface area contributed by atoms with E-state index in [1.807, 2.05) is 0 Å². The lowest BCUT2D eigenvalue weighted by Gasteiger charge is -2.06. The number of hydrogen-bond donors (Lipinski definition) is 1. The second-order valence-electron chi connectivity index (χ2n) is 3.86. The highest BCUT2D eigenvalue weighted by molar-refractivity contribution is 5.91. The van der Waals surface area contributed by atoms with Crippen LogP contribution < -0.4 is 5.32 Å². The largest absolute Gasteiger partial charge is 0.426 e. The molecule has 0 aliphatic rings. The quantitative estimate of drug-likeness (QED) is 0.922. The number of para-hydroxylation sites is 1. The molecule has 1 amide bonds. The Labute approximate surface area is 107 Å². The normalized spacial score (nSPS) is 10.5. The number of rotatable bonds is 4. The van der Waals surface area contributed by atoms with Crippen molar-refractivity contribution in [3.8, 4) is 0 Å². The SMILES string of the molecule is Cc1nnc(CCC(=O)Nc2c(F)cccc2F)o1. The van der Waals surface area contributed by atoms with Crippen molar-refractivity contribution in [2.75, 3.05) is 5.32 Å². The summed E-state index contributed by atoms with van der Waals surface area (Å²) in [6.07, 6.45) is 0.207. The molecule has 0 spiro atoms. The fourth-order valence-electron chi connectivity index (χ4n) is 1.48. The number of benzene rings is 1. The molecule has 100 valence electrons. The summed E-state index contributed by atoms with van der Waals surface area (Å²) in [6.45, 7) is 1.63. The van der Waals surface area contributed by atoms with Crippen LogP contribution in [0.15, 0.2) is 22.6 Å². The van der Waals surface area contributed by atoms with Gasteiger partial charge in [0, 0.05) is 19.8 Å². The Morgan fingerprint density at radius 1 is 1.32 bits per heavy atom. The van der Waals surface area contributed by atoms with Gasteiger partial charge < -0.3 is 9.73 Å². The maximum absolute atomic E-state index is 13.3. The zero-order chi connectivity index (χ0) is 13.8. The Kier molecular flexibility index (Phi) is 3.84. The van der Waals surface area contributed by atoms with E-state index in [2.05, 4.69) is 15.5 Å². The number of nitrogens with one attached hydrogen (secondary N) is 1. The minimum atomic E-state index is -0.818. The summed E-state index contributed by atoms with van der Waals surface area (Å²) in [5.74, 6) is -1.46. The van der Waals surface area contributed by atoms with Crippen LogP contribution in [0.4, 0.5) is 14.5 Å². The van der Waals surface area contributed by atoms with E-state index in [1.54, 1.807) is 6.92 Å². The molecule has 1 heterocycles. The molecule has 0 saturated heterocycles. The van der Waals surface area contributed by atoms with Crippen LogP contribution in [0.3, 0.4) is 0 Å². The summed E-state index contributed by atoms with van der Waals surface area (Å²) < 4.78 is 31.6. The van der Waals surface area contributed by atoms with Crippen molar-refractivity contribution in [2.45, 2.75) is 19.8 Å². The molecule has 0 aliphatic carbocycles. The van der Waals surface area contributed by atoms with E-state index in [1.165, 1.54) is 6.07 Å². The van der Waals surface area contributed by atoms with Crippen molar-refractivity contribution >= 4 is 11.6 Å². The van der Waals surface area contributed by atoms with Crippen LogP contribution in [-0.4, -0.2) is 16.1 Å². The van der Waals surface area contributed by atoms with Gasteiger partial charge in [0.2, 0.25) is 17.7 Å². The van der Waals surface area contributed by atoms with Crippen LogP contribution in [0.2, 0.25) is 0 Å². The highest BCUT2D eigenvalue weighted by Gasteiger charge is 2.13. The lowest BCUT2D eigenvalue weighted by molar-refractivity contribution is -0.116. The van der Waals surface area contributed by atoms with Gasteiger partial charge in [-0.2, -0.15) is 0 Å². The standard InChI is InChI=1S/C12H11F2N3O2/c1-7-16-17-11(19-7)6-5-10(18)15-12-8(13)3-2-4-9(12)14/h2-4H,5-6H2,1H3,(H,15,18). The van der Waals surface area contributed by atoms with Gasteiger partial charge in [0.15, 0.2) is 0 Å². The molecular weight excluding hydrogens is 256 g/mol. The molecule has 1 aromatic carbocycles. The van der Waals surface area contributed by atoms with Crippen molar-refractivity contribution in [1.82, 2.24) is 10.2 Å². The Morgan fingerprint density at radius 3 is 2.58 bits per heavy atom. The summed E-state index contributed by atoms with van der Waals surface area (Å²) in [5, 5.41) is 9.50. The number of carbonyl (C=O) groups excluding carboxylic acids is 1. The molecular formula is C12H11F2N3O2. The van der Waals surface area contributed by atoms with E-state index in [4.69, 9.17) is 4.42 Å². The predicted molar refractivity (Wildman–Crippen MR) is 62.3 cm³/mol. The summed E-state index contributed by atoms with van der Waals surface area (Å²) in [4.78, 5) is 11.6. The van der Waals surface area contributed by atoms with Crippen molar-refractivity contribution < 1.29 is 18.0 Å². The van der Waals surface area contributed by atoms with E-state index < -0.39 is 23.2 Å². The van der Waals surface area contributed by atoms with Gasteiger partial charge in [0.25, 0.3) is 0 Å². The highest BCUT2D eigenvalue weighted by Crippen LogP contribution is 2.18. The van der Waals surface area contributed by atoms with Crippen LogP contribution in [0.1, 0.15) is 18.2 Å². The topological polar surface area (TPSA) is 68.0 Å². The molecule has 2 aromatic rings. The minimum Gasteiger partial charge on any atom is -0.426 e. The van der Waals surface area contributed by atoms with Gasteiger partial charge in [-0.25, -0.2) is 8.78 Å². The molecule has 0 bridgehead atoms. The highest BCUT2D eigenvalue weighted by atomic mass is 19.1. The molecule has 0 atom stereocenters. The first-order valence-electron chi connectivity index (χ1n) is 5.59. The first kappa shape index (κ1) is 13.1. The Hall–Kier alpha value is -2.31. The first-order valence-corrected chi connectivity index (χ1v) is 5.59. The Morgan fingerprint density at radius 2 is 2.00 bits per heavy atom. The zero-order valence-electron chi connectivity index (χ0n) is 10.1. The molecule has 1 aromatic heterocycles. The van der Waals surface area contributed by atoms with Crippen LogP contribution in [-0.2, 0) is 11.2 Å². The summed E-state index contributed by atoms with van der Waals surface area (Å²) in [7, 11) is 0. The second kappa shape index (κ2) is 5.55. The van der Waals surface area contributed by atoms with Gasteiger partial charge in [-0.1, -0.05) is 6.07 Å². The van der Waals surface area contributed by atoms with E-state index in [-0.39, 0.29) is 12.8 Å². The number of aromatic nitrogens is 2. The third kappa shape index (κ3) is 3.34. The zero-order valence-corrected chi connectivity index (χ0v) is 10.1. The molecule has 5 nitrogen and oxygen atoms in total. The summed E-state index contributed by atoms with van der Waals surface area (Å²) in [5.41, 5.74) is -0.450. The molecule has 0 unspecified atom stereocenters. The fraction of sp³-hybridized carbons (Fsp3) is 0.250. The number of hydrogen-bond acceptors (Lipinski definition) is 4. The van der Waals surface area contributed by atoms with Crippen molar-refractivity contribution in [1.29, 1.82) is 0 Å². The predicted octanol–water partition coefficient (Wildman–Crippen LogP) is 2.23. The summed E-state index contributed by atoms with van der Waals surface area (Å²) >= 11 is 0. The number of amides is 1. The number of aryl methyl sites for hydroxylation is 2. The van der Waals surface area contributed by atoms with Crippen molar-refractivity contribution in [2.24, 2.45) is 0 Å². The third-order valence-corrected chi connectivity index (χ3v) is 2.36. The lowest BCUT2D eigenvalue weighted by Crippen LogP contribution is -2.14. The maximum atomic E-state index is 13.3. The number of halogens is 2. The van der Waals surface area contributed by atoms with E-state index >= 15 is 0 Å². The van der Waals surface area contributed by atoms with Gasteiger partial charge in [0.1, 0.15) is 17.3 Å². The van der Waals surface area contributed by atoms with E-state index in [0.29, 0.717) is 11.8 Å². The van der Waals surface area contributed by atoms with Gasteiger partial charge in [-0.05, 0) is 12.1 Å². The smallest absolute Gasteiger partial charge is 0.225 e. The van der Waals surface area contributed by atoms with Crippen LogP contribution in [0.25, 0.3) is 0 Å². The molecule has 7 heteroatoms. The van der Waals surface area contributed by atoms with Gasteiger partial charge in [0.05, 0.1) is 0 Å². The average molecular weight is 267 g/mol. The van der Waals surface area contributed by atoms with Crippen molar-refractivity contribution in [3.63, 3.8) is 0 Å². The van der Waals surface area contributed by atoms with Gasteiger partial charge in [-0.15, -0.1) is 10.2 Å². The van der Waals surface area contributed by atoms with Crippen LogP contribution >= 0.6 is 0 Å². The first-order chi connectivity index (χ1) is 9.06. The third-order valence-electron chi connectivity index (χ3n) is 2.36. The molecule has 0 aliphatic heterocycles. The Balaban J connectivity index is 1.94. The lowest BCUT2D eigenvalue weighted by atomic mass is 10.2. The van der Waals surface area contributed by atoms with E-state index in [0.717, 1.165) is 12.1 Å². The molecule has 0 radical (unpaired) electrons. The van der Waals surface area contributed by atoms with Gasteiger partial charge in [-0.3, -0.25) is 4.79 Å². The number of nitrogens with zero attached hydrogens (tertiary/aromatic N) is 2. The second-order valence-corrected chi connectivity index (χ2v) is 3.86. The van der Waals surface area contributed by atoms with Crippen molar-refractivity contribution in [3.05, 3.63) is 41.6 Å². The average Bonchev–Trinajstić information content (AvgIpc) is 2.77. The van der Waals surface area contributed by atoms with Crippen LogP contribution in [0.5, 0.6) is 0 Å². The number of carbonyl (C=O) groups is 1. The maximum Gasteiger partial charge on any atom is 0.225 e. The molecule has 2 rings (SSSR count). The monoisotopic (exact) mass is 267 g/mol. The fourth-order valence-corrected chi connectivity index (χ4v) is 1.48. The number of anilines is 1. The minimum absolute atomic E-state index is 0.00456. The Bertz CT molecular complexity index is 578. The van der Waals surface area contributed by atoms with E-state index in [9.17, 15) is 13.6 Å².